The number of nitrogens with one attached hydrogen (secondary N) is 1. The van der Waals surface area contributed by atoms with Gasteiger partial charge in [0.05, 0.1) is 5.75 Å². The first kappa shape index (κ1) is 19.1. The highest BCUT2D eigenvalue weighted by Gasteiger charge is 2.15. The molecule has 2 aromatic heterocycles. The van der Waals surface area contributed by atoms with E-state index in [1.807, 2.05) is 54.8 Å². The number of carbonyl (C=O) groups excluding carboxylic acids is 1. The van der Waals surface area contributed by atoms with Gasteiger partial charge in [0.25, 0.3) is 0 Å². The molecule has 0 fully saturated rings. The Morgan fingerprint density at radius 2 is 1.93 bits per heavy atom. The van der Waals surface area contributed by atoms with Crippen molar-refractivity contribution in [1.29, 1.82) is 0 Å². The van der Waals surface area contributed by atoms with Crippen molar-refractivity contribution in [3.8, 4) is 11.4 Å². The lowest BCUT2D eigenvalue weighted by atomic mass is 10.1. The third kappa shape index (κ3) is 4.74. The van der Waals surface area contributed by atoms with Gasteiger partial charge in [-0.3, -0.25) is 9.78 Å². The number of rotatable bonds is 7. The van der Waals surface area contributed by atoms with Gasteiger partial charge in [0.2, 0.25) is 5.91 Å². The monoisotopic (exact) mass is 381 g/mol. The summed E-state index contributed by atoms with van der Waals surface area (Å²) in [5, 5.41) is 12.2. The number of carbonyl (C=O) groups is 1. The highest BCUT2D eigenvalue weighted by Crippen LogP contribution is 2.24. The average molecular weight is 382 g/mol. The molecule has 0 radical (unpaired) electrons. The van der Waals surface area contributed by atoms with Crippen molar-refractivity contribution in [2.75, 3.05) is 11.1 Å². The predicted octanol–water partition coefficient (Wildman–Crippen LogP) is 3.96. The predicted molar refractivity (Wildman–Crippen MR) is 109 cm³/mol. The normalized spacial score (nSPS) is 10.8. The Hall–Kier alpha value is -2.67. The van der Waals surface area contributed by atoms with Gasteiger partial charge in [-0.15, -0.1) is 10.2 Å². The standard InChI is InChI=1S/C20H23N5OS/c1-4-15-6-8-17(9-7-15)22-18(26)13-27-20-24-23-19(25(20)5-2)16-10-11-21-14(3)12-16/h6-12H,4-5,13H2,1-3H3,(H,22,26). The number of hydrogen-bond donors (Lipinski definition) is 1. The van der Waals surface area contributed by atoms with Crippen LogP contribution in [-0.4, -0.2) is 31.4 Å². The van der Waals surface area contributed by atoms with Crippen molar-refractivity contribution in [1.82, 2.24) is 19.7 Å². The number of anilines is 1. The molecule has 1 N–H and O–H groups in total. The molecule has 3 rings (SSSR count). The lowest BCUT2D eigenvalue weighted by Crippen LogP contribution is -2.14. The molecule has 0 aliphatic carbocycles. The second kappa shape index (κ2) is 8.81. The summed E-state index contributed by atoms with van der Waals surface area (Å²) in [7, 11) is 0. The second-order valence-electron chi connectivity index (χ2n) is 6.12. The maximum absolute atomic E-state index is 12.3. The van der Waals surface area contributed by atoms with E-state index in [2.05, 4.69) is 27.4 Å². The minimum Gasteiger partial charge on any atom is -0.325 e. The van der Waals surface area contributed by atoms with Gasteiger partial charge in [0.15, 0.2) is 11.0 Å². The molecule has 0 unspecified atom stereocenters. The highest BCUT2D eigenvalue weighted by molar-refractivity contribution is 7.99. The number of hydrogen-bond acceptors (Lipinski definition) is 5. The van der Waals surface area contributed by atoms with Crippen LogP contribution < -0.4 is 5.32 Å². The summed E-state index contributed by atoms with van der Waals surface area (Å²) in [5.41, 5.74) is 3.96. The van der Waals surface area contributed by atoms with Crippen LogP contribution in [0.15, 0.2) is 47.8 Å². The average Bonchev–Trinajstić information content (AvgIpc) is 3.10. The second-order valence-corrected chi connectivity index (χ2v) is 7.07. The van der Waals surface area contributed by atoms with E-state index in [1.54, 1.807) is 6.20 Å². The highest BCUT2D eigenvalue weighted by atomic mass is 32.2. The van der Waals surface area contributed by atoms with Gasteiger partial charge in [-0.1, -0.05) is 30.8 Å². The van der Waals surface area contributed by atoms with Crippen LogP contribution in [0.25, 0.3) is 11.4 Å². The molecule has 0 aliphatic heterocycles. The van der Waals surface area contributed by atoms with Gasteiger partial charge >= 0.3 is 0 Å². The maximum Gasteiger partial charge on any atom is 0.234 e. The zero-order valence-electron chi connectivity index (χ0n) is 15.8. The number of thioether (sulfide) groups is 1. The molecule has 1 aromatic carbocycles. The lowest BCUT2D eigenvalue weighted by molar-refractivity contribution is -0.113. The summed E-state index contributed by atoms with van der Waals surface area (Å²) >= 11 is 1.39. The molecule has 1 amide bonds. The number of aromatic nitrogens is 4. The van der Waals surface area contributed by atoms with E-state index in [1.165, 1.54) is 17.3 Å². The van der Waals surface area contributed by atoms with Crippen molar-refractivity contribution in [2.45, 2.75) is 38.9 Å². The first-order chi connectivity index (χ1) is 13.1. The summed E-state index contributed by atoms with van der Waals surface area (Å²) in [6, 6.07) is 11.8. The molecule has 0 aliphatic rings. The topological polar surface area (TPSA) is 72.7 Å². The van der Waals surface area contributed by atoms with Crippen LogP contribution in [0.3, 0.4) is 0 Å². The van der Waals surface area contributed by atoms with E-state index in [0.29, 0.717) is 0 Å². The van der Waals surface area contributed by atoms with Gasteiger partial charge in [0, 0.05) is 29.7 Å². The van der Waals surface area contributed by atoms with Crippen molar-refractivity contribution in [3.63, 3.8) is 0 Å². The molecule has 2 heterocycles. The summed E-state index contributed by atoms with van der Waals surface area (Å²) in [6.45, 7) is 6.82. The van der Waals surface area contributed by atoms with Crippen LogP contribution in [0.5, 0.6) is 0 Å². The first-order valence-electron chi connectivity index (χ1n) is 8.98. The number of benzene rings is 1. The summed E-state index contributed by atoms with van der Waals surface area (Å²) in [5.74, 6) is 1.01. The van der Waals surface area contributed by atoms with Gasteiger partial charge in [0.1, 0.15) is 0 Å². The Morgan fingerprint density at radius 1 is 1.15 bits per heavy atom. The van der Waals surface area contributed by atoms with E-state index in [0.717, 1.165) is 40.9 Å². The van der Waals surface area contributed by atoms with Crippen molar-refractivity contribution in [3.05, 3.63) is 53.9 Å². The quantitative estimate of drug-likeness (QED) is 0.627. The third-order valence-electron chi connectivity index (χ3n) is 4.17. The van der Waals surface area contributed by atoms with E-state index >= 15 is 0 Å². The fraction of sp³-hybridized carbons (Fsp3) is 0.300. The Morgan fingerprint density at radius 3 is 2.59 bits per heavy atom. The Balaban J connectivity index is 1.66. The minimum absolute atomic E-state index is 0.0591. The molecule has 0 bridgehead atoms. The summed E-state index contributed by atoms with van der Waals surface area (Å²) < 4.78 is 2.02. The van der Waals surface area contributed by atoms with Crippen LogP contribution in [-0.2, 0) is 17.8 Å². The van der Waals surface area contributed by atoms with E-state index in [-0.39, 0.29) is 11.7 Å². The van der Waals surface area contributed by atoms with Crippen molar-refractivity contribution in [2.24, 2.45) is 0 Å². The fourth-order valence-electron chi connectivity index (χ4n) is 2.73. The Kier molecular flexibility index (Phi) is 6.24. The zero-order chi connectivity index (χ0) is 19.2. The van der Waals surface area contributed by atoms with Gasteiger partial charge in [-0.2, -0.15) is 0 Å². The van der Waals surface area contributed by atoms with Gasteiger partial charge in [-0.05, 0) is 50.1 Å². The van der Waals surface area contributed by atoms with Gasteiger partial charge in [-0.25, -0.2) is 0 Å². The fourth-order valence-corrected chi connectivity index (χ4v) is 3.53. The molecule has 6 nitrogen and oxygen atoms in total. The number of pyridine rings is 1. The van der Waals surface area contributed by atoms with Crippen LogP contribution >= 0.6 is 11.8 Å². The van der Waals surface area contributed by atoms with Crippen LogP contribution in [0.1, 0.15) is 25.1 Å². The molecule has 0 spiro atoms. The summed E-state index contributed by atoms with van der Waals surface area (Å²) in [6.07, 6.45) is 2.75. The maximum atomic E-state index is 12.3. The molecule has 0 atom stereocenters. The summed E-state index contributed by atoms with van der Waals surface area (Å²) in [4.78, 5) is 16.5. The van der Waals surface area contributed by atoms with E-state index < -0.39 is 0 Å². The zero-order valence-corrected chi connectivity index (χ0v) is 16.6. The molecule has 3 aromatic rings. The third-order valence-corrected chi connectivity index (χ3v) is 5.13. The van der Waals surface area contributed by atoms with Crippen LogP contribution in [0.4, 0.5) is 5.69 Å². The van der Waals surface area contributed by atoms with E-state index in [9.17, 15) is 4.79 Å². The Labute approximate surface area is 163 Å². The Bertz CT molecular complexity index is 920. The van der Waals surface area contributed by atoms with E-state index in [4.69, 9.17) is 0 Å². The molecule has 27 heavy (non-hydrogen) atoms. The molecular weight excluding hydrogens is 358 g/mol. The molecule has 140 valence electrons. The smallest absolute Gasteiger partial charge is 0.234 e. The first-order valence-corrected chi connectivity index (χ1v) is 9.97. The molecule has 0 saturated heterocycles. The number of nitrogens with zero attached hydrogens (tertiary/aromatic N) is 4. The SMILES string of the molecule is CCc1ccc(NC(=O)CSc2nnc(-c3ccnc(C)c3)n2CC)cc1. The van der Waals surface area contributed by atoms with Crippen LogP contribution in [0.2, 0.25) is 0 Å². The van der Waals surface area contributed by atoms with Crippen LogP contribution in [0, 0.1) is 6.92 Å². The number of amides is 1. The van der Waals surface area contributed by atoms with Crippen molar-refractivity contribution >= 4 is 23.4 Å². The molecule has 0 saturated carbocycles. The molecular formula is C20H23N5OS. The number of aryl methyl sites for hydroxylation is 2. The van der Waals surface area contributed by atoms with Crippen molar-refractivity contribution < 1.29 is 4.79 Å². The minimum atomic E-state index is -0.0591. The van der Waals surface area contributed by atoms with Gasteiger partial charge < -0.3 is 9.88 Å². The lowest BCUT2D eigenvalue weighted by Gasteiger charge is -2.08. The molecule has 7 heteroatoms. The largest absolute Gasteiger partial charge is 0.325 e.